The number of benzene rings is 2. The average molecular weight is 331 g/mol. The molecule has 0 aliphatic carbocycles. The van der Waals surface area contributed by atoms with E-state index >= 15 is 0 Å². The quantitative estimate of drug-likeness (QED) is 0.537. The van der Waals surface area contributed by atoms with Crippen LogP contribution in [0.25, 0.3) is 21.8 Å². The summed E-state index contributed by atoms with van der Waals surface area (Å²) >= 11 is 0. The van der Waals surface area contributed by atoms with Gasteiger partial charge in [0, 0.05) is 40.6 Å². The van der Waals surface area contributed by atoms with Crippen molar-refractivity contribution in [3.8, 4) is 0 Å². The molecule has 0 aliphatic heterocycles. The summed E-state index contributed by atoms with van der Waals surface area (Å²) in [7, 11) is 0. The average Bonchev–Trinajstić information content (AvgIpc) is 3.04. The Morgan fingerprint density at radius 1 is 0.960 bits per heavy atom. The van der Waals surface area contributed by atoms with Crippen LogP contribution < -0.4 is 10.9 Å². The van der Waals surface area contributed by atoms with E-state index in [1.165, 1.54) is 11.5 Å². The molecule has 2 aromatic carbocycles. The van der Waals surface area contributed by atoms with Gasteiger partial charge in [-0.2, -0.15) is 0 Å². The van der Waals surface area contributed by atoms with Gasteiger partial charge >= 0.3 is 0 Å². The Bertz CT molecular complexity index is 1120. The van der Waals surface area contributed by atoms with E-state index in [1.807, 2.05) is 42.6 Å². The Morgan fingerprint density at radius 3 is 2.52 bits per heavy atom. The van der Waals surface area contributed by atoms with E-state index in [0.717, 1.165) is 22.9 Å². The number of nitrogens with one attached hydrogen (secondary N) is 3. The Balaban J connectivity index is 1.52. The maximum Gasteiger partial charge on any atom is 0.252 e. The van der Waals surface area contributed by atoms with Crippen LogP contribution >= 0.6 is 0 Å². The molecule has 5 nitrogen and oxygen atoms in total. The van der Waals surface area contributed by atoms with E-state index in [4.69, 9.17) is 0 Å². The molecule has 0 unspecified atom stereocenters. The summed E-state index contributed by atoms with van der Waals surface area (Å²) in [4.78, 5) is 30.3. The third-order valence-corrected chi connectivity index (χ3v) is 4.35. The lowest BCUT2D eigenvalue weighted by Crippen LogP contribution is -2.27. The van der Waals surface area contributed by atoms with E-state index in [0.29, 0.717) is 17.6 Å². The first-order valence-electron chi connectivity index (χ1n) is 8.17. The summed E-state index contributed by atoms with van der Waals surface area (Å²) in [5.41, 5.74) is 3.03. The SMILES string of the molecule is O=C(NCCc1c[nH]c2ccccc12)c1cc(=O)[nH]c2ccccc12. The van der Waals surface area contributed by atoms with Gasteiger partial charge in [0.2, 0.25) is 5.56 Å². The molecule has 4 aromatic rings. The van der Waals surface area contributed by atoms with Crippen molar-refractivity contribution in [1.29, 1.82) is 0 Å². The number of carbonyl (C=O) groups excluding carboxylic acids is 1. The molecule has 124 valence electrons. The number of amides is 1. The zero-order chi connectivity index (χ0) is 17.2. The van der Waals surface area contributed by atoms with E-state index in [1.54, 1.807) is 6.07 Å². The van der Waals surface area contributed by atoms with Crippen molar-refractivity contribution in [3.63, 3.8) is 0 Å². The summed E-state index contributed by atoms with van der Waals surface area (Å²) < 4.78 is 0. The zero-order valence-electron chi connectivity index (χ0n) is 13.5. The van der Waals surface area contributed by atoms with E-state index in [-0.39, 0.29) is 11.5 Å². The van der Waals surface area contributed by atoms with Crippen molar-refractivity contribution in [2.75, 3.05) is 6.54 Å². The van der Waals surface area contributed by atoms with Crippen molar-refractivity contribution in [2.24, 2.45) is 0 Å². The molecule has 0 saturated heterocycles. The molecule has 2 heterocycles. The molecule has 0 aliphatic rings. The van der Waals surface area contributed by atoms with E-state index < -0.39 is 0 Å². The van der Waals surface area contributed by atoms with Crippen molar-refractivity contribution >= 4 is 27.7 Å². The molecule has 0 radical (unpaired) electrons. The third kappa shape index (κ3) is 2.92. The molecule has 1 amide bonds. The van der Waals surface area contributed by atoms with Gasteiger partial charge in [-0.15, -0.1) is 0 Å². The fourth-order valence-corrected chi connectivity index (χ4v) is 3.14. The number of H-pyrrole nitrogens is 2. The Morgan fingerprint density at radius 2 is 1.68 bits per heavy atom. The number of aromatic amines is 2. The van der Waals surface area contributed by atoms with Crippen LogP contribution in [0.5, 0.6) is 0 Å². The summed E-state index contributed by atoms with van der Waals surface area (Å²) in [5.74, 6) is -0.234. The lowest BCUT2D eigenvalue weighted by molar-refractivity contribution is 0.0955. The van der Waals surface area contributed by atoms with Gasteiger partial charge in [-0.1, -0.05) is 36.4 Å². The standard InChI is InChI=1S/C20H17N3O2/c24-19-11-16(15-6-2-4-8-18(15)23-19)20(25)21-10-9-13-12-22-17-7-3-1-5-14(13)17/h1-8,11-12,22H,9-10H2,(H,21,25)(H,23,24). The van der Waals surface area contributed by atoms with Gasteiger partial charge in [0.1, 0.15) is 0 Å². The van der Waals surface area contributed by atoms with Gasteiger partial charge in [0.15, 0.2) is 0 Å². The molecule has 2 aromatic heterocycles. The highest BCUT2D eigenvalue weighted by atomic mass is 16.2. The lowest BCUT2D eigenvalue weighted by Gasteiger charge is -2.07. The highest BCUT2D eigenvalue weighted by Gasteiger charge is 2.11. The Hall–Kier alpha value is -3.34. The number of para-hydroxylation sites is 2. The number of carbonyl (C=O) groups is 1. The summed E-state index contributed by atoms with van der Waals surface area (Å²) in [5, 5.41) is 4.82. The van der Waals surface area contributed by atoms with Gasteiger partial charge in [0.25, 0.3) is 5.91 Å². The molecular weight excluding hydrogens is 314 g/mol. The van der Waals surface area contributed by atoms with Gasteiger partial charge in [-0.25, -0.2) is 0 Å². The monoisotopic (exact) mass is 331 g/mol. The minimum absolute atomic E-state index is 0.234. The smallest absolute Gasteiger partial charge is 0.252 e. The number of pyridine rings is 1. The predicted molar refractivity (Wildman–Crippen MR) is 98.9 cm³/mol. The number of rotatable bonds is 4. The lowest BCUT2D eigenvalue weighted by atomic mass is 10.1. The second-order valence-electron chi connectivity index (χ2n) is 5.96. The number of aromatic nitrogens is 2. The third-order valence-electron chi connectivity index (χ3n) is 4.35. The van der Waals surface area contributed by atoms with Gasteiger partial charge < -0.3 is 15.3 Å². The minimum Gasteiger partial charge on any atom is -0.361 e. The molecule has 3 N–H and O–H groups in total. The predicted octanol–water partition coefficient (Wildman–Crippen LogP) is 2.98. The number of hydrogen-bond donors (Lipinski definition) is 3. The summed E-state index contributed by atoms with van der Waals surface area (Å²) in [6.07, 6.45) is 2.69. The van der Waals surface area contributed by atoms with E-state index in [2.05, 4.69) is 21.4 Å². The van der Waals surface area contributed by atoms with Crippen molar-refractivity contribution in [1.82, 2.24) is 15.3 Å². The first-order chi connectivity index (χ1) is 12.2. The molecular formula is C20H17N3O2. The minimum atomic E-state index is -0.277. The number of hydrogen-bond acceptors (Lipinski definition) is 2. The molecule has 0 saturated carbocycles. The van der Waals surface area contributed by atoms with Crippen LogP contribution in [0.15, 0.2) is 65.6 Å². The topological polar surface area (TPSA) is 77.8 Å². The summed E-state index contributed by atoms with van der Waals surface area (Å²) in [6, 6.07) is 16.7. The second-order valence-corrected chi connectivity index (χ2v) is 5.96. The van der Waals surface area contributed by atoms with Crippen LogP contribution in [0.3, 0.4) is 0 Å². The highest BCUT2D eigenvalue weighted by Crippen LogP contribution is 2.18. The molecule has 0 fully saturated rings. The first-order valence-corrected chi connectivity index (χ1v) is 8.17. The van der Waals surface area contributed by atoms with Crippen molar-refractivity contribution in [3.05, 3.63) is 82.3 Å². The molecule has 4 rings (SSSR count). The fraction of sp³-hybridized carbons (Fsp3) is 0.100. The van der Waals surface area contributed by atoms with Gasteiger partial charge in [-0.3, -0.25) is 9.59 Å². The zero-order valence-corrected chi connectivity index (χ0v) is 13.5. The first kappa shape index (κ1) is 15.2. The van der Waals surface area contributed by atoms with Crippen LogP contribution in [0.1, 0.15) is 15.9 Å². The maximum atomic E-state index is 12.5. The maximum absolute atomic E-state index is 12.5. The number of fused-ring (bicyclic) bond motifs is 2. The Labute approximate surface area is 143 Å². The van der Waals surface area contributed by atoms with Crippen LogP contribution in [-0.4, -0.2) is 22.4 Å². The van der Waals surface area contributed by atoms with Crippen LogP contribution in [0, 0.1) is 0 Å². The molecule has 0 bridgehead atoms. The van der Waals surface area contributed by atoms with Crippen LogP contribution in [-0.2, 0) is 6.42 Å². The van der Waals surface area contributed by atoms with Crippen molar-refractivity contribution < 1.29 is 4.79 Å². The van der Waals surface area contributed by atoms with Crippen molar-refractivity contribution in [2.45, 2.75) is 6.42 Å². The molecule has 0 atom stereocenters. The Kier molecular flexibility index (Phi) is 3.82. The normalized spacial score (nSPS) is 11.0. The van der Waals surface area contributed by atoms with Gasteiger partial charge in [0.05, 0.1) is 5.56 Å². The molecule has 5 heteroatoms. The largest absolute Gasteiger partial charge is 0.361 e. The highest BCUT2D eigenvalue weighted by molar-refractivity contribution is 6.05. The van der Waals surface area contributed by atoms with Crippen LogP contribution in [0.4, 0.5) is 0 Å². The van der Waals surface area contributed by atoms with Gasteiger partial charge in [-0.05, 0) is 24.1 Å². The van der Waals surface area contributed by atoms with Crippen LogP contribution in [0.2, 0.25) is 0 Å². The molecule has 0 spiro atoms. The fourth-order valence-electron chi connectivity index (χ4n) is 3.14. The summed E-state index contributed by atoms with van der Waals surface area (Å²) in [6.45, 7) is 0.502. The molecule has 25 heavy (non-hydrogen) atoms. The van der Waals surface area contributed by atoms with E-state index in [9.17, 15) is 9.59 Å². The second kappa shape index (κ2) is 6.28.